The summed E-state index contributed by atoms with van der Waals surface area (Å²) in [6, 6.07) is 10.7. The lowest BCUT2D eigenvalue weighted by Gasteiger charge is -2.13. The van der Waals surface area contributed by atoms with Crippen LogP contribution in [0.15, 0.2) is 55.0 Å². The van der Waals surface area contributed by atoms with Crippen LogP contribution in [0, 0.1) is 6.92 Å². The Bertz CT molecular complexity index is 859. The van der Waals surface area contributed by atoms with Crippen LogP contribution in [-0.4, -0.2) is 22.6 Å². The van der Waals surface area contributed by atoms with Crippen LogP contribution in [0.1, 0.15) is 15.9 Å². The molecule has 0 aliphatic carbocycles. The molecule has 0 atom stereocenters. The minimum atomic E-state index is -0.329. The Labute approximate surface area is 144 Å². The van der Waals surface area contributed by atoms with Gasteiger partial charge in [-0.25, -0.2) is 4.98 Å². The molecule has 0 saturated heterocycles. The summed E-state index contributed by atoms with van der Waals surface area (Å²) >= 11 is 6.35. The Morgan fingerprint density at radius 3 is 2.62 bits per heavy atom. The quantitative estimate of drug-likeness (QED) is 0.777. The highest BCUT2D eigenvalue weighted by Crippen LogP contribution is 2.30. The number of aryl methyl sites for hydroxylation is 1. The number of nitrogens with one attached hydrogen (secondary N) is 1. The Morgan fingerprint density at radius 1 is 1.25 bits per heavy atom. The summed E-state index contributed by atoms with van der Waals surface area (Å²) in [6.45, 7) is 1.93. The number of carbonyl (C=O) groups excluding carboxylic acids is 1. The smallest absolute Gasteiger partial charge is 0.260 e. The highest BCUT2D eigenvalue weighted by Gasteiger charge is 2.17. The van der Waals surface area contributed by atoms with Crippen LogP contribution >= 0.6 is 11.6 Å². The number of carbonyl (C=O) groups is 1. The van der Waals surface area contributed by atoms with Crippen molar-refractivity contribution in [3.05, 3.63) is 71.1 Å². The number of hydrogen-bond acceptors (Lipinski definition) is 3. The van der Waals surface area contributed by atoms with E-state index in [-0.39, 0.29) is 5.91 Å². The molecule has 3 aromatic rings. The molecule has 0 bridgehead atoms. The van der Waals surface area contributed by atoms with E-state index in [1.165, 1.54) is 7.11 Å². The Morgan fingerprint density at radius 2 is 2.00 bits per heavy atom. The van der Waals surface area contributed by atoms with E-state index in [0.29, 0.717) is 22.2 Å². The van der Waals surface area contributed by atoms with Crippen molar-refractivity contribution >= 4 is 23.3 Å². The molecule has 2 heterocycles. The monoisotopic (exact) mass is 341 g/mol. The maximum absolute atomic E-state index is 12.5. The van der Waals surface area contributed by atoms with Crippen molar-refractivity contribution in [1.29, 1.82) is 0 Å². The third-order valence-electron chi connectivity index (χ3n) is 3.55. The zero-order valence-electron chi connectivity index (χ0n) is 13.3. The number of pyridine rings is 1. The molecule has 0 spiro atoms. The number of hydrogen-bond donors (Lipinski definition) is 1. The zero-order valence-corrected chi connectivity index (χ0v) is 14.0. The summed E-state index contributed by atoms with van der Waals surface area (Å²) in [6.07, 6.45) is 5.43. The number of anilines is 1. The standard InChI is InChI=1S/C18H16ClN3O2/c1-12-5-6-17(20-11-12)21-18(23)13-9-14(19)15(10-16(13)24-2)22-7-3-4-8-22/h3-11H,1-2H3,(H,20,21,23). The predicted octanol–water partition coefficient (Wildman–Crippen LogP) is 4.10. The molecule has 6 heteroatoms. The number of methoxy groups -OCH3 is 1. The third-order valence-corrected chi connectivity index (χ3v) is 3.85. The molecule has 0 fully saturated rings. The van der Waals surface area contributed by atoms with Crippen molar-refractivity contribution in [1.82, 2.24) is 9.55 Å². The first kappa shape index (κ1) is 16.1. The van der Waals surface area contributed by atoms with E-state index in [4.69, 9.17) is 16.3 Å². The summed E-state index contributed by atoms with van der Waals surface area (Å²) in [7, 11) is 1.52. The molecular weight excluding hydrogens is 326 g/mol. The van der Waals surface area contributed by atoms with Crippen molar-refractivity contribution in [2.24, 2.45) is 0 Å². The van der Waals surface area contributed by atoms with Gasteiger partial charge in [0.25, 0.3) is 5.91 Å². The van der Waals surface area contributed by atoms with Crippen LogP contribution < -0.4 is 10.1 Å². The van der Waals surface area contributed by atoms with Gasteiger partial charge in [0, 0.05) is 24.7 Å². The molecule has 0 aliphatic rings. The number of amides is 1. The van der Waals surface area contributed by atoms with Gasteiger partial charge in [0.15, 0.2) is 0 Å². The number of benzene rings is 1. The SMILES string of the molecule is COc1cc(-n2cccc2)c(Cl)cc1C(=O)Nc1ccc(C)cn1. The van der Waals surface area contributed by atoms with Crippen LogP contribution in [0.25, 0.3) is 5.69 Å². The summed E-state index contributed by atoms with van der Waals surface area (Å²) in [5, 5.41) is 3.20. The Balaban J connectivity index is 1.93. The van der Waals surface area contributed by atoms with Gasteiger partial charge in [-0.2, -0.15) is 0 Å². The van der Waals surface area contributed by atoms with Gasteiger partial charge in [-0.15, -0.1) is 0 Å². The van der Waals surface area contributed by atoms with E-state index < -0.39 is 0 Å². The first-order valence-corrected chi connectivity index (χ1v) is 7.71. The molecule has 1 aromatic carbocycles. The molecule has 5 nitrogen and oxygen atoms in total. The van der Waals surface area contributed by atoms with Crippen molar-refractivity contribution in [3.8, 4) is 11.4 Å². The lowest BCUT2D eigenvalue weighted by Crippen LogP contribution is -2.14. The second-order valence-electron chi connectivity index (χ2n) is 5.27. The van der Waals surface area contributed by atoms with Gasteiger partial charge in [-0.3, -0.25) is 4.79 Å². The fraction of sp³-hybridized carbons (Fsp3) is 0.111. The zero-order chi connectivity index (χ0) is 17.1. The second kappa shape index (κ2) is 6.76. The van der Waals surface area contributed by atoms with Crippen LogP contribution in [0.5, 0.6) is 5.75 Å². The number of ether oxygens (including phenoxy) is 1. The molecule has 0 saturated carbocycles. The largest absolute Gasteiger partial charge is 0.496 e. The van der Waals surface area contributed by atoms with E-state index in [9.17, 15) is 4.79 Å². The van der Waals surface area contributed by atoms with Crippen LogP contribution in [0.4, 0.5) is 5.82 Å². The van der Waals surface area contributed by atoms with Gasteiger partial charge in [0.05, 0.1) is 23.4 Å². The van der Waals surface area contributed by atoms with Crippen molar-refractivity contribution in [3.63, 3.8) is 0 Å². The summed E-state index contributed by atoms with van der Waals surface area (Å²) < 4.78 is 7.22. The van der Waals surface area contributed by atoms with Gasteiger partial charge in [-0.05, 0) is 36.8 Å². The Kier molecular flexibility index (Phi) is 4.53. The first-order valence-electron chi connectivity index (χ1n) is 7.33. The lowest BCUT2D eigenvalue weighted by atomic mass is 10.1. The molecule has 24 heavy (non-hydrogen) atoms. The average Bonchev–Trinajstić information content (AvgIpc) is 3.11. The van der Waals surface area contributed by atoms with Crippen LogP contribution in [0.3, 0.4) is 0 Å². The van der Waals surface area contributed by atoms with Crippen LogP contribution in [0.2, 0.25) is 5.02 Å². The van der Waals surface area contributed by atoms with Crippen molar-refractivity contribution in [2.45, 2.75) is 6.92 Å². The third kappa shape index (κ3) is 3.26. The fourth-order valence-electron chi connectivity index (χ4n) is 2.31. The molecule has 0 unspecified atom stereocenters. The average molecular weight is 342 g/mol. The van der Waals surface area contributed by atoms with Crippen LogP contribution in [-0.2, 0) is 0 Å². The molecule has 0 radical (unpaired) electrons. The van der Waals surface area contributed by atoms with Gasteiger partial charge < -0.3 is 14.6 Å². The highest BCUT2D eigenvalue weighted by atomic mass is 35.5. The maximum Gasteiger partial charge on any atom is 0.260 e. The molecule has 0 aliphatic heterocycles. The normalized spacial score (nSPS) is 10.5. The maximum atomic E-state index is 12.5. The van der Waals surface area contributed by atoms with Gasteiger partial charge in [0.2, 0.25) is 0 Å². The Hall–Kier alpha value is -2.79. The van der Waals surface area contributed by atoms with E-state index >= 15 is 0 Å². The van der Waals surface area contributed by atoms with Crippen molar-refractivity contribution in [2.75, 3.05) is 12.4 Å². The van der Waals surface area contributed by atoms with Gasteiger partial charge in [0.1, 0.15) is 11.6 Å². The minimum absolute atomic E-state index is 0.329. The highest BCUT2D eigenvalue weighted by molar-refractivity contribution is 6.33. The topological polar surface area (TPSA) is 56.1 Å². The van der Waals surface area contributed by atoms with Gasteiger partial charge >= 0.3 is 0 Å². The van der Waals surface area contributed by atoms with E-state index in [2.05, 4.69) is 10.3 Å². The molecule has 2 aromatic heterocycles. The number of nitrogens with zero attached hydrogens (tertiary/aromatic N) is 2. The van der Waals surface area contributed by atoms with Gasteiger partial charge in [-0.1, -0.05) is 17.7 Å². The molecular formula is C18H16ClN3O2. The lowest BCUT2D eigenvalue weighted by molar-refractivity contribution is 0.102. The minimum Gasteiger partial charge on any atom is -0.496 e. The van der Waals surface area contributed by atoms with Crippen molar-refractivity contribution < 1.29 is 9.53 Å². The summed E-state index contributed by atoms with van der Waals surface area (Å²) in [5.74, 6) is 0.579. The number of halogens is 1. The molecule has 1 amide bonds. The van der Waals surface area contributed by atoms with E-state index in [1.54, 1.807) is 24.4 Å². The number of rotatable bonds is 4. The number of aromatic nitrogens is 2. The second-order valence-corrected chi connectivity index (χ2v) is 5.68. The molecule has 122 valence electrons. The van der Waals surface area contributed by atoms with E-state index in [1.807, 2.05) is 42.1 Å². The summed E-state index contributed by atoms with van der Waals surface area (Å²) in [5.41, 5.74) is 2.11. The first-order chi connectivity index (χ1) is 11.6. The predicted molar refractivity (Wildman–Crippen MR) is 94.3 cm³/mol. The molecule has 1 N–H and O–H groups in total. The fourth-order valence-corrected chi connectivity index (χ4v) is 2.57. The van der Waals surface area contributed by atoms with E-state index in [0.717, 1.165) is 11.3 Å². The summed E-state index contributed by atoms with van der Waals surface area (Å²) in [4.78, 5) is 16.7. The molecule has 3 rings (SSSR count).